The quantitative estimate of drug-likeness (QED) is 0.614. The Hall–Kier alpha value is -1.91. The van der Waals surface area contributed by atoms with Crippen molar-refractivity contribution in [3.05, 3.63) is 54.1 Å². The number of halogens is 1. The third kappa shape index (κ3) is 4.79. The molecule has 2 N–H and O–H groups in total. The van der Waals surface area contributed by atoms with E-state index in [1.165, 1.54) is 11.3 Å². The van der Waals surface area contributed by atoms with Gasteiger partial charge in [-0.05, 0) is 42.7 Å². The van der Waals surface area contributed by atoms with E-state index >= 15 is 0 Å². The van der Waals surface area contributed by atoms with Gasteiger partial charge in [-0.2, -0.15) is 0 Å². The van der Waals surface area contributed by atoms with Crippen LogP contribution in [0.25, 0.3) is 0 Å². The minimum Gasteiger partial charge on any atom is -0.491 e. The summed E-state index contributed by atoms with van der Waals surface area (Å²) in [5.41, 5.74) is 9.53. The Bertz CT molecular complexity index is 622. The lowest BCUT2D eigenvalue weighted by Gasteiger charge is -2.31. The van der Waals surface area contributed by atoms with Crippen LogP contribution < -0.4 is 15.4 Å². The lowest BCUT2D eigenvalue weighted by atomic mass is 10.00. The summed E-state index contributed by atoms with van der Waals surface area (Å²) >= 11 is 0. The predicted molar refractivity (Wildman–Crippen MR) is 101 cm³/mol. The maximum absolute atomic E-state index is 6.08. The van der Waals surface area contributed by atoms with E-state index in [0.29, 0.717) is 19.8 Å². The molecular weight excluding hydrogens is 324 g/mol. The number of ether oxygens (including phenoxy) is 2. The Morgan fingerprint density at radius 3 is 2.62 bits per heavy atom. The fraction of sp³-hybridized carbons (Fsp3) is 0.368. The van der Waals surface area contributed by atoms with E-state index in [0.717, 1.165) is 37.4 Å². The molecule has 0 aromatic heterocycles. The molecule has 0 amide bonds. The molecule has 1 aliphatic heterocycles. The van der Waals surface area contributed by atoms with Gasteiger partial charge in [-0.15, -0.1) is 12.4 Å². The summed E-state index contributed by atoms with van der Waals surface area (Å²) in [7, 11) is 0. The zero-order chi connectivity index (χ0) is 15.9. The van der Waals surface area contributed by atoms with Crippen molar-refractivity contribution in [3.8, 4) is 5.75 Å². The fourth-order valence-electron chi connectivity index (χ4n) is 2.97. The molecule has 0 spiro atoms. The number of nitrogens with two attached hydrogens (primary N) is 1. The number of benzene rings is 2. The molecule has 5 heteroatoms. The Labute approximate surface area is 150 Å². The largest absolute Gasteiger partial charge is 0.491 e. The summed E-state index contributed by atoms with van der Waals surface area (Å²) < 4.78 is 11.3. The van der Waals surface area contributed by atoms with Crippen LogP contribution in [0.5, 0.6) is 5.75 Å². The van der Waals surface area contributed by atoms with Crippen LogP contribution in [-0.2, 0) is 11.2 Å². The van der Waals surface area contributed by atoms with Crippen LogP contribution in [-0.4, -0.2) is 32.9 Å². The molecular formula is C19H25ClN2O2. The zero-order valence-corrected chi connectivity index (χ0v) is 14.6. The first-order valence-corrected chi connectivity index (χ1v) is 8.22. The maximum atomic E-state index is 6.08. The number of rotatable bonds is 7. The minimum atomic E-state index is 0. The van der Waals surface area contributed by atoms with E-state index in [1.54, 1.807) is 0 Å². The molecule has 1 aliphatic rings. The summed E-state index contributed by atoms with van der Waals surface area (Å²) in [4.78, 5) is 2.37. The monoisotopic (exact) mass is 348 g/mol. The van der Waals surface area contributed by atoms with Gasteiger partial charge in [0.2, 0.25) is 0 Å². The highest BCUT2D eigenvalue weighted by atomic mass is 35.5. The average Bonchev–Trinajstić information content (AvgIpc) is 2.59. The summed E-state index contributed by atoms with van der Waals surface area (Å²) in [5.74, 6) is 0.886. The Morgan fingerprint density at radius 2 is 1.79 bits per heavy atom. The first-order valence-electron chi connectivity index (χ1n) is 8.22. The van der Waals surface area contributed by atoms with Crippen LogP contribution in [0.15, 0.2) is 48.5 Å². The molecule has 2 aromatic rings. The number of anilines is 2. The first-order chi connectivity index (χ1) is 11.3. The van der Waals surface area contributed by atoms with Gasteiger partial charge in [0.1, 0.15) is 12.4 Å². The zero-order valence-electron chi connectivity index (χ0n) is 13.8. The van der Waals surface area contributed by atoms with E-state index < -0.39 is 0 Å². The average molecular weight is 349 g/mol. The maximum Gasteiger partial charge on any atom is 0.119 e. The van der Waals surface area contributed by atoms with Crippen molar-refractivity contribution < 1.29 is 9.47 Å². The first kappa shape index (κ1) is 18.4. The number of para-hydroxylation sites is 1. The van der Waals surface area contributed by atoms with Crippen LogP contribution in [0, 0.1) is 0 Å². The normalized spacial score (nSPS) is 13.1. The van der Waals surface area contributed by atoms with Crippen molar-refractivity contribution in [1.29, 1.82) is 0 Å². The highest BCUT2D eigenvalue weighted by Gasteiger charge is 2.17. The molecule has 2 aromatic carbocycles. The van der Waals surface area contributed by atoms with Crippen molar-refractivity contribution in [2.45, 2.75) is 12.8 Å². The molecule has 0 radical (unpaired) electrons. The summed E-state index contributed by atoms with van der Waals surface area (Å²) in [6.07, 6.45) is 2.22. The summed E-state index contributed by atoms with van der Waals surface area (Å²) in [6.45, 7) is 3.84. The van der Waals surface area contributed by atoms with Crippen molar-refractivity contribution in [2.75, 3.05) is 43.5 Å². The van der Waals surface area contributed by atoms with Crippen LogP contribution in [0.3, 0.4) is 0 Å². The third-order valence-electron chi connectivity index (χ3n) is 4.13. The second kappa shape index (κ2) is 9.40. The number of hydrogen-bond donors (Lipinski definition) is 1. The van der Waals surface area contributed by atoms with Gasteiger partial charge in [-0.1, -0.05) is 24.3 Å². The number of nitrogen functional groups attached to an aromatic ring is 1. The van der Waals surface area contributed by atoms with E-state index in [2.05, 4.69) is 11.0 Å². The van der Waals surface area contributed by atoms with Crippen LogP contribution in [0.2, 0.25) is 0 Å². The SMILES string of the molecule is Cl.Nc1cccc2c1CCCN2CCOCCOc1ccccc1. The van der Waals surface area contributed by atoms with Crippen molar-refractivity contribution in [1.82, 2.24) is 0 Å². The molecule has 0 fully saturated rings. The molecule has 0 aliphatic carbocycles. The molecule has 0 saturated carbocycles. The molecule has 4 nitrogen and oxygen atoms in total. The van der Waals surface area contributed by atoms with E-state index in [4.69, 9.17) is 15.2 Å². The second-order valence-electron chi connectivity index (χ2n) is 5.71. The third-order valence-corrected chi connectivity index (χ3v) is 4.13. The standard InChI is InChI=1S/C19H24N2O2.ClH/c20-18-9-4-10-19-17(18)8-5-11-21(19)12-13-22-14-15-23-16-6-2-1-3-7-16;/h1-4,6-7,9-10H,5,8,11-15,20H2;1H. The Morgan fingerprint density at radius 1 is 0.958 bits per heavy atom. The summed E-state index contributed by atoms with van der Waals surface area (Å²) in [6, 6.07) is 16.0. The van der Waals surface area contributed by atoms with Gasteiger partial charge in [0.25, 0.3) is 0 Å². The molecule has 0 unspecified atom stereocenters. The number of hydrogen-bond acceptors (Lipinski definition) is 4. The van der Waals surface area contributed by atoms with Gasteiger partial charge in [-0.3, -0.25) is 0 Å². The van der Waals surface area contributed by atoms with Gasteiger partial charge in [0.15, 0.2) is 0 Å². The summed E-state index contributed by atoms with van der Waals surface area (Å²) in [5, 5.41) is 0. The topological polar surface area (TPSA) is 47.7 Å². The van der Waals surface area contributed by atoms with Gasteiger partial charge in [-0.25, -0.2) is 0 Å². The number of fused-ring (bicyclic) bond motifs is 1. The van der Waals surface area contributed by atoms with Crippen LogP contribution in [0.1, 0.15) is 12.0 Å². The van der Waals surface area contributed by atoms with E-state index in [1.807, 2.05) is 42.5 Å². The lowest BCUT2D eigenvalue weighted by molar-refractivity contribution is 0.105. The molecule has 130 valence electrons. The number of nitrogens with zero attached hydrogens (tertiary/aromatic N) is 1. The van der Waals surface area contributed by atoms with Gasteiger partial charge in [0, 0.05) is 24.5 Å². The van der Waals surface area contributed by atoms with Gasteiger partial charge in [0.05, 0.1) is 13.2 Å². The molecule has 3 rings (SSSR count). The smallest absolute Gasteiger partial charge is 0.119 e. The second-order valence-corrected chi connectivity index (χ2v) is 5.71. The van der Waals surface area contributed by atoms with E-state index in [-0.39, 0.29) is 12.4 Å². The molecule has 0 saturated heterocycles. The Kier molecular flexibility index (Phi) is 7.22. The predicted octanol–water partition coefficient (Wildman–Crippen LogP) is 3.54. The van der Waals surface area contributed by atoms with Crippen molar-refractivity contribution in [2.24, 2.45) is 0 Å². The molecule has 0 bridgehead atoms. The van der Waals surface area contributed by atoms with Crippen molar-refractivity contribution in [3.63, 3.8) is 0 Å². The van der Waals surface area contributed by atoms with Crippen LogP contribution in [0.4, 0.5) is 11.4 Å². The molecule has 0 atom stereocenters. The minimum absolute atomic E-state index is 0. The highest BCUT2D eigenvalue weighted by Crippen LogP contribution is 2.30. The fourth-order valence-corrected chi connectivity index (χ4v) is 2.97. The van der Waals surface area contributed by atoms with Gasteiger partial charge < -0.3 is 20.1 Å². The molecule has 24 heavy (non-hydrogen) atoms. The highest BCUT2D eigenvalue weighted by molar-refractivity contribution is 5.85. The van der Waals surface area contributed by atoms with Crippen molar-refractivity contribution >= 4 is 23.8 Å². The van der Waals surface area contributed by atoms with Gasteiger partial charge >= 0.3 is 0 Å². The van der Waals surface area contributed by atoms with E-state index in [9.17, 15) is 0 Å². The van der Waals surface area contributed by atoms with Crippen LogP contribution >= 0.6 is 12.4 Å². The Balaban J connectivity index is 0.00000208. The lowest BCUT2D eigenvalue weighted by Crippen LogP contribution is -2.33. The molecule has 1 heterocycles.